The summed E-state index contributed by atoms with van der Waals surface area (Å²) in [5, 5.41) is 27.8. The Morgan fingerprint density at radius 3 is 2.57 bits per heavy atom. The van der Waals surface area contributed by atoms with Gasteiger partial charge in [-0.05, 0) is 32.9 Å². The maximum absolute atomic E-state index is 11.7. The van der Waals surface area contributed by atoms with Gasteiger partial charge in [0, 0.05) is 17.3 Å². The number of aromatic hydroxyl groups is 1. The molecule has 1 aromatic carbocycles. The summed E-state index contributed by atoms with van der Waals surface area (Å²) in [6.07, 6.45) is 0.502. The number of anilines is 1. The van der Waals surface area contributed by atoms with E-state index >= 15 is 0 Å². The maximum Gasteiger partial charge on any atom is 0.412 e. The van der Waals surface area contributed by atoms with Crippen LogP contribution in [0.5, 0.6) is 5.75 Å². The number of phenolic OH excluding ortho intramolecular Hbond substituents is 1. The number of aromatic amines is 1. The summed E-state index contributed by atoms with van der Waals surface area (Å²) >= 11 is 0. The fourth-order valence-electron chi connectivity index (χ4n) is 1.90. The molecule has 0 spiro atoms. The van der Waals surface area contributed by atoms with Gasteiger partial charge in [0.25, 0.3) is 0 Å². The average molecular weight is 319 g/mol. The lowest BCUT2D eigenvalue weighted by Crippen LogP contribution is -2.27. The number of aromatic nitrogens is 2. The summed E-state index contributed by atoms with van der Waals surface area (Å²) in [5.41, 5.74) is 0.0526. The molecular formula is C15H17N3O5. The molecule has 0 aliphatic carbocycles. The molecule has 0 saturated heterocycles. The van der Waals surface area contributed by atoms with Crippen LogP contribution >= 0.6 is 0 Å². The number of phenols is 1. The van der Waals surface area contributed by atoms with Crippen LogP contribution in [-0.2, 0) is 4.74 Å². The summed E-state index contributed by atoms with van der Waals surface area (Å²) in [7, 11) is 0. The van der Waals surface area contributed by atoms with Crippen LogP contribution in [0.4, 0.5) is 10.5 Å². The minimum absolute atomic E-state index is 0.0619. The normalized spacial score (nSPS) is 11.1. The molecule has 0 bridgehead atoms. The van der Waals surface area contributed by atoms with Gasteiger partial charge in [-0.2, -0.15) is 5.10 Å². The van der Waals surface area contributed by atoms with E-state index in [1.165, 1.54) is 18.2 Å². The fraction of sp³-hybridized carbons (Fsp3) is 0.267. The van der Waals surface area contributed by atoms with Crippen molar-refractivity contribution < 1.29 is 24.5 Å². The van der Waals surface area contributed by atoms with Crippen LogP contribution in [0.2, 0.25) is 0 Å². The lowest BCUT2D eigenvalue weighted by atomic mass is 10.1. The highest BCUT2D eigenvalue weighted by Crippen LogP contribution is 2.32. The molecule has 1 aromatic heterocycles. The van der Waals surface area contributed by atoms with Crippen molar-refractivity contribution in [2.24, 2.45) is 0 Å². The molecular weight excluding hydrogens is 302 g/mol. The third kappa shape index (κ3) is 4.00. The highest BCUT2D eigenvalue weighted by Gasteiger charge is 2.19. The summed E-state index contributed by atoms with van der Waals surface area (Å²) < 4.78 is 5.11. The Hall–Kier alpha value is -3.03. The number of amides is 1. The van der Waals surface area contributed by atoms with Crippen LogP contribution in [-0.4, -0.2) is 38.1 Å². The van der Waals surface area contributed by atoms with E-state index in [1.54, 1.807) is 20.8 Å². The number of hydrogen-bond acceptors (Lipinski definition) is 5. The molecule has 8 nitrogen and oxygen atoms in total. The van der Waals surface area contributed by atoms with E-state index in [4.69, 9.17) is 9.84 Å². The number of nitrogens with one attached hydrogen (secondary N) is 2. The Balaban J connectivity index is 2.23. The molecule has 2 aromatic rings. The van der Waals surface area contributed by atoms with Crippen LogP contribution in [0, 0.1) is 0 Å². The zero-order valence-corrected chi connectivity index (χ0v) is 12.9. The molecule has 0 saturated carbocycles. The van der Waals surface area contributed by atoms with Crippen molar-refractivity contribution in [1.82, 2.24) is 10.2 Å². The van der Waals surface area contributed by atoms with Crippen molar-refractivity contribution in [3.05, 3.63) is 30.0 Å². The maximum atomic E-state index is 11.7. The van der Waals surface area contributed by atoms with Crippen LogP contribution in [0.25, 0.3) is 11.3 Å². The zero-order valence-electron chi connectivity index (χ0n) is 12.9. The second-order valence-electron chi connectivity index (χ2n) is 5.82. The summed E-state index contributed by atoms with van der Waals surface area (Å²) in [4.78, 5) is 22.8. The molecule has 8 heteroatoms. The lowest BCUT2D eigenvalue weighted by Gasteiger charge is -2.19. The minimum Gasteiger partial charge on any atom is -0.507 e. The zero-order chi connectivity index (χ0) is 17.2. The van der Waals surface area contributed by atoms with Gasteiger partial charge in [0.2, 0.25) is 0 Å². The Bertz CT molecular complexity index is 746. The van der Waals surface area contributed by atoms with Crippen LogP contribution in [0.1, 0.15) is 31.1 Å². The van der Waals surface area contributed by atoms with E-state index in [0.717, 1.165) is 6.20 Å². The van der Waals surface area contributed by atoms with E-state index in [1.807, 2.05) is 0 Å². The SMILES string of the molecule is CC(C)(C)OC(=O)Nc1ccc(-c2[nH]ncc2C(=O)O)c(O)c1. The van der Waals surface area contributed by atoms with Crippen molar-refractivity contribution in [1.29, 1.82) is 0 Å². The smallest absolute Gasteiger partial charge is 0.412 e. The number of aromatic carboxylic acids is 1. The molecule has 0 fully saturated rings. The molecule has 122 valence electrons. The van der Waals surface area contributed by atoms with E-state index in [-0.39, 0.29) is 22.6 Å². The second kappa shape index (κ2) is 5.99. The molecule has 0 atom stereocenters. The number of benzene rings is 1. The second-order valence-corrected chi connectivity index (χ2v) is 5.82. The standard InChI is InChI=1S/C15H17N3O5/c1-15(2,3)23-14(22)17-8-4-5-9(11(19)6-8)12-10(13(20)21)7-16-18-12/h4-7,19H,1-3H3,(H,16,18)(H,17,22)(H,20,21). The van der Waals surface area contributed by atoms with E-state index < -0.39 is 17.7 Å². The van der Waals surface area contributed by atoms with Crippen molar-refractivity contribution in [3.8, 4) is 17.0 Å². The predicted molar refractivity (Wildman–Crippen MR) is 82.5 cm³/mol. The molecule has 0 unspecified atom stereocenters. The van der Waals surface area contributed by atoms with Gasteiger partial charge in [-0.3, -0.25) is 10.4 Å². The predicted octanol–water partition coefficient (Wildman–Crippen LogP) is 2.83. The van der Waals surface area contributed by atoms with Crippen LogP contribution in [0.3, 0.4) is 0 Å². The van der Waals surface area contributed by atoms with Gasteiger partial charge in [-0.1, -0.05) is 0 Å². The van der Waals surface area contributed by atoms with Gasteiger partial charge in [0.1, 0.15) is 16.9 Å². The average Bonchev–Trinajstić information content (AvgIpc) is 2.85. The van der Waals surface area contributed by atoms with Crippen LogP contribution < -0.4 is 5.32 Å². The van der Waals surface area contributed by atoms with Crippen LogP contribution in [0.15, 0.2) is 24.4 Å². The first-order chi connectivity index (χ1) is 10.7. The molecule has 2 rings (SSSR count). The number of carboxylic acid groups (broad SMARTS) is 1. The highest BCUT2D eigenvalue weighted by molar-refractivity contribution is 5.96. The van der Waals surface area contributed by atoms with Crippen molar-refractivity contribution in [3.63, 3.8) is 0 Å². The molecule has 0 radical (unpaired) electrons. The first kappa shape index (κ1) is 16.3. The van der Waals surface area contributed by atoms with E-state index in [2.05, 4.69) is 15.5 Å². The topological polar surface area (TPSA) is 125 Å². The fourth-order valence-corrected chi connectivity index (χ4v) is 1.90. The van der Waals surface area contributed by atoms with Gasteiger partial charge in [0.05, 0.1) is 11.9 Å². The largest absolute Gasteiger partial charge is 0.507 e. The quantitative estimate of drug-likeness (QED) is 0.689. The third-order valence-electron chi connectivity index (χ3n) is 2.78. The first-order valence-corrected chi connectivity index (χ1v) is 6.77. The number of nitrogens with zero attached hydrogens (tertiary/aromatic N) is 1. The first-order valence-electron chi connectivity index (χ1n) is 6.77. The Labute approximate surface area is 132 Å². The number of ether oxygens (including phenoxy) is 1. The Morgan fingerprint density at radius 2 is 2.00 bits per heavy atom. The molecule has 1 amide bonds. The van der Waals surface area contributed by atoms with Gasteiger partial charge < -0.3 is 14.9 Å². The summed E-state index contributed by atoms with van der Waals surface area (Å²) in [6.45, 7) is 5.20. The van der Waals surface area contributed by atoms with Crippen molar-refractivity contribution in [2.75, 3.05) is 5.32 Å². The van der Waals surface area contributed by atoms with E-state index in [9.17, 15) is 14.7 Å². The monoisotopic (exact) mass is 319 g/mol. The van der Waals surface area contributed by atoms with Gasteiger partial charge >= 0.3 is 12.1 Å². The number of carbonyl (C=O) groups excluding carboxylic acids is 1. The molecule has 23 heavy (non-hydrogen) atoms. The van der Waals surface area contributed by atoms with Crippen molar-refractivity contribution >= 4 is 17.7 Å². The number of carbonyl (C=O) groups is 2. The molecule has 0 aliphatic heterocycles. The van der Waals surface area contributed by atoms with Gasteiger partial charge in [-0.25, -0.2) is 9.59 Å². The Morgan fingerprint density at radius 1 is 1.30 bits per heavy atom. The number of H-pyrrole nitrogens is 1. The minimum atomic E-state index is -1.16. The number of carboxylic acids is 1. The number of hydrogen-bond donors (Lipinski definition) is 4. The number of rotatable bonds is 3. The summed E-state index contributed by atoms with van der Waals surface area (Å²) in [6, 6.07) is 4.29. The lowest BCUT2D eigenvalue weighted by molar-refractivity contribution is 0.0634. The Kier molecular flexibility index (Phi) is 4.26. The summed E-state index contributed by atoms with van der Waals surface area (Å²) in [5.74, 6) is -1.37. The highest BCUT2D eigenvalue weighted by atomic mass is 16.6. The molecule has 1 heterocycles. The van der Waals surface area contributed by atoms with Gasteiger partial charge in [0.15, 0.2) is 0 Å². The molecule has 4 N–H and O–H groups in total. The molecule has 0 aliphatic rings. The van der Waals surface area contributed by atoms with Gasteiger partial charge in [-0.15, -0.1) is 0 Å². The van der Waals surface area contributed by atoms with Crippen molar-refractivity contribution in [2.45, 2.75) is 26.4 Å². The third-order valence-corrected chi connectivity index (χ3v) is 2.78. The van der Waals surface area contributed by atoms with E-state index in [0.29, 0.717) is 5.69 Å².